The molecular formula is C22H28O. The minimum absolute atomic E-state index is 0.501. The van der Waals surface area contributed by atoms with Crippen molar-refractivity contribution in [3.05, 3.63) is 54.1 Å². The Morgan fingerprint density at radius 1 is 0.652 bits per heavy atom. The average molecular weight is 308 g/mol. The first kappa shape index (κ1) is 16.1. The molecule has 0 heterocycles. The second kappa shape index (κ2) is 8.19. The maximum atomic E-state index is 10.9. The fourth-order valence-electron chi connectivity index (χ4n) is 3.86. The number of aromatic hydroxyl groups is 1. The van der Waals surface area contributed by atoms with Crippen molar-refractivity contribution in [3.63, 3.8) is 0 Å². The number of para-hydroxylation sites is 1. The maximum Gasteiger partial charge on any atom is 0.126 e. The van der Waals surface area contributed by atoms with Gasteiger partial charge in [0.25, 0.3) is 0 Å². The van der Waals surface area contributed by atoms with Crippen LogP contribution in [0, 0.1) is 0 Å². The normalized spacial score (nSPS) is 17.7. The maximum absolute atomic E-state index is 10.9. The van der Waals surface area contributed by atoms with Crippen LogP contribution in [0.25, 0.3) is 11.1 Å². The van der Waals surface area contributed by atoms with Crippen LogP contribution in [0.3, 0.4) is 0 Å². The minimum Gasteiger partial charge on any atom is -0.507 e. The van der Waals surface area contributed by atoms with E-state index in [1.165, 1.54) is 57.8 Å². The highest BCUT2D eigenvalue weighted by Crippen LogP contribution is 2.40. The van der Waals surface area contributed by atoms with Gasteiger partial charge in [-0.1, -0.05) is 93.5 Å². The van der Waals surface area contributed by atoms with Crippen LogP contribution in [0.15, 0.2) is 48.5 Å². The number of phenolic OH excluding ortho intramolecular Hbond substituents is 1. The molecule has 1 aliphatic carbocycles. The second-order valence-electron chi connectivity index (χ2n) is 6.86. The first-order valence-electron chi connectivity index (χ1n) is 9.23. The smallest absolute Gasteiger partial charge is 0.126 e. The highest BCUT2D eigenvalue weighted by Gasteiger charge is 2.18. The van der Waals surface area contributed by atoms with Gasteiger partial charge in [0.2, 0.25) is 0 Å². The lowest BCUT2D eigenvalue weighted by atomic mass is 9.85. The van der Waals surface area contributed by atoms with Gasteiger partial charge in [0.05, 0.1) is 0 Å². The molecule has 2 aromatic rings. The molecule has 1 saturated carbocycles. The Morgan fingerprint density at radius 3 is 1.91 bits per heavy atom. The molecule has 0 aliphatic heterocycles. The minimum atomic E-state index is 0.501. The molecule has 0 radical (unpaired) electrons. The van der Waals surface area contributed by atoms with Gasteiger partial charge in [-0.05, 0) is 29.9 Å². The predicted octanol–water partition coefficient (Wildman–Crippen LogP) is 6.67. The highest BCUT2D eigenvalue weighted by molar-refractivity contribution is 5.72. The Hall–Kier alpha value is -1.76. The van der Waals surface area contributed by atoms with Crippen LogP contribution in [0.1, 0.15) is 69.3 Å². The zero-order chi connectivity index (χ0) is 15.9. The summed E-state index contributed by atoms with van der Waals surface area (Å²) in [7, 11) is 0. The first-order chi connectivity index (χ1) is 11.4. The number of rotatable bonds is 2. The summed E-state index contributed by atoms with van der Waals surface area (Å²) in [6.07, 6.45) is 11.9. The van der Waals surface area contributed by atoms with E-state index in [2.05, 4.69) is 24.3 Å². The summed E-state index contributed by atoms with van der Waals surface area (Å²) in [4.78, 5) is 0. The van der Waals surface area contributed by atoms with Crippen molar-refractivity contribution in [3.8, 4) is 16.9 Å². The van der Waals surface area contributed by atoms with Crippen molar-refractivity contribution >= 4 is 0 Å². The van der Waals surface area contributed by atoms with Crippen molar-refractivity contribution in [2.24, 2.45) is 0 Å². The Labute approximate surface area is 140 Å². The number of hydrogen-bond donors (Lipinski definition) is 1. The largest absolute Gasteiger partial charge is 0.507 e. The monoisotopic (exact) mass is 308 g/mol. The Kier molecular flexibility index (Phi) is 5.74. The van der Waals surface area contributed by atoms with E-state index in [1.54, 1.807) is 0 Å². The van der Waals surface area contributed by atoms with E-state index in [0.717, 1.165) is 16.7 Å². The average Bonchev–Trinajstić information content (AvgIpc) is 2.61. The molecule has 1 N–H and O–H groups in total. The van der Waals surface area contributed by atoms with Crippen LogP contribution < -0.4 is 0 Å². The molecule has 2 aromatic carbocycles. The molecule has 0 unspecified atom stereocenters. The van der Waals surface area contributed by atoms with E-state index in [0.29, 0.717) is 11.7 Å². The topological polar surface area (TPSA) is 20.2 Å². The van der Waals surface area contributed by atoms with Gasteiger partial charge in [0.1, 0.15) is 5.75 Å². The third-order valence-corrected chi connectivity index (χ3v) is 5.20. The molecule has 0 atom stereocenters. The number of phenols is 1. The molecule has 0 amide bonds. The van der Waals surface area contributed by atoms with Crippen LogP contribution in [-0.4, -0.2) is 5.11 Å². The SMILES string of the molecule is Oc1c(-c2ccccc2)cccc1C1CCCCCCCCC1. The summed E-state index contributed by atoms with van der Waals surface area (Å²) in [5, 5.41) is 10.9. The predicted molar refractivity (Wildman–Crippen MR) is 97.8 cm³/mol. The lowest BCUT2D eigenvalue weighted by Gasteiger charge is -2.21. The summed E-state index contributed by atoms with van der Waals surface area (Å²) in [5.74, 6) is 1.01. The summed E-state index contributed by atoms with van der Waals surface area (Å²) < 4.78 is 0. The van der Waals surface area contributed by atoms with Gasteiger partial charge in [0, 0.05) is 5.56 Å². The fourth-order valence-corrected chi connectivity index (χ4v) is 3.86. The quantitative estimate of drug-likeness (QED) is 0.657. The molecule has 0 spiro atoms. The summed E-state index contributed by atoms with van der Waals surface area (Å²) in [6, 6.07) is 16.5. The third-order valence-electron chi connectivity index (χ3n) is 5.20. The van der Waals surface area contributed by atoms with Crippen LogP contribution in [0.5, 0.6) is 5.75 Å². The van der Waals surface area contributed by atoms with Crippen molar-refractivity contribution in [2.45, 2.75) is 63.7 Å². The molecule has 0 bridgehead atoms. The van der Waals surface area contributed by atoms with E-state index < -0.39 is 0 Å². The Morgan fingerprint density at radius 2 is 1.26 bits per heavy atom. The third kappa shape index (κ3) is 4.16. The van der Waals surface area contributed by atoms with Crippen LogP contribution in [0.2, 0.25) is 0 Å². The molecule has 1 nitrogen and oxygen atoms in total. The lowest BCUT2D eigenvalue weighted by Crippen LogP contribution is -2.02. The van der Waals surface area contributed by atoms with Gasteiger partial charge in [-0.3, -0.25) is 0 Å². The standard InChI is InChI=1S/C22H28O/c23-22-20(18-12-7-4-2-1-3-5-8-13-18)16-11-17-21(22)19-14-9-6-10-15-19/h6,9-11,14-18,23H,1-5,7-8,12-13H2. The van der Waals surface area contributed by atoms with Gasteiger partial charge >= 0.3 is 0 Å². The molecular weight excluding hydrogens is 280 g/mol. The molecule has 1 fully saturated rings. The van der Waals surface area contributed by atoms with Gasteiger partial charge in [-0.15, -0.1) is 0 Å². The van der Waals surface area contributed by atoms with Crippen molar-refractivity contribution < 1.29 is 5.11 Å². The Bertz CT molecular complexity index is 593. The van der Waals surface area contributed by atoms with Crippen molar-refractivity contribution in [1.29, 1.82) is 0 Å². The van der Waals surface area contributed by atoms with Gasteiger partial charge in [0.15, 0.2) is 0 Å². The lowest BCUT2D eigenvalue weighted by molar-refractivity contribution is 0.431. The van der Waals surface area contributed by atoms with Crippen LogP contribution in [0.4, 0.5) is 0 Å². The van der Waals surface area contributed by atoms with E-state index >= 15 is 0 Å². The molecule has 3 rings (SSSR count). The molecule has 0 saturated heterocycles. The van der Waals surface area contributed by atoms with Crippen LogP contribution in [-0.2, 0) is 0 Å². The molecule has 23 heavy (non-hydrogen) atoms. The van der Waals surface area contributed by atoms with E-state index in [-0.39, 0.29) is 0 Å². The molecule has 0 aromatic heterocycles. The number of hydrogen-bond acceptors (Lipinski definition) is 1. The van der Waals surface area contributed by atoms with E-state index in [1.807, 2.05) is 24.3 Å². The number of benzene rings is 2. The summed E-state index contributed by atoms with van der Waals surface area (Å²) >= 11 is 0. The summed E-state index contributed by atoms with van der Waals surface area (Å²) in [6.45, 7) is 0. The zero-order valence-electron chi connectivity index (χ0n) is 14.0. The van der Waals surface area contributed by atoms with Crippen molar-refractivity contribution in [1.82, 2.24) is 0 Å². The molecule has 122 valence electrons. The van der Waals surface area contributed by atoms with Gasteiger partial charge in [-0.2, -0.15) is 0 Å². The van der Waals surface area contributed by atoms with E-state index in [9.17, 15) is 5.11 Å². The van der Waals surface area contributed by atoms with Gasteiger partial charge in [-0.25, -0.2) is 0 Å². The van der Waals surface area contributed by atoms with Crippen LogP contribution >= 0.6 is 0 Å². The molecule has 1 heteroatoms. The summed E-state index contributed by atoms with van der Waals surface area (Å²) in [5.41, 5.74) is 3.24. The second-order valence-corrected chi connectivity index (χ2v) is 6.86. The fraction of sp³-hybridized carbons (Fsp3) is 0.455. The zero-order valence-corrected chi connectivity index (χ0v) is 14.0. The highest BCUT2D eigenvalue weighted by atomic mass is 16.3. The molecule has 1 aliphatic rings. The van der Waals surface area contributed by atoms with E-state index in [4.69, 9.17) is 0 Å². The first-order valence-corrected chi connectivity index (χ1v) is 9.23. The van der Waals surface area contributed by atoms with Gasteiger partial charge < -0.3 is 5.11 Å². The van der Waals surface area contributed by atoms with Crippen molar-refractivity contribution in [2.75, 3.05) is 0 Å². The Balaban J connectivity index is 1.86.